The first-order valence-electron chi connectivity index (χ1n) is 7.90. The Bertz CT molecular complexity index is 501. The molecule has 22 heavy (non-hydrogen) atoms. The zero-order chi connectivity index (χ0) is 16.8. The molecule has 122 valence electrons. The Morgan fingerprint density at radius 3 is 2.18 bits per heavy atom. The summed E-state index contributed by atoms with van der Waals surface area (Å²) in [5.41, 5.74) is 2.07. The SMILES string of the molecule is CCCCN(CC(=O)Nc1ccc(C(C)(C)C)cc1)C(C)=O. The van der Waals surface area contributed by atoms with Gasteiger partial charge in [-0.2, -0.15) is 0 Å². The van der Waals surface area contributed by atoms with E-state index in [0.29, 0.717) is 6.54 Å². The molecule has 0 bridgehead atoms. The van der Waals surface area contributed by atoms with Gasteiger partial charge in [0.05, 0.1) is 6.54 Å². The molecule has 2 amide bonds. The third kappa shape index (κ3) is 5.88. The van der Waals surface area contributed by atoms with Gasteiger partial charge in [-0.1, -0.05) is 46.2 Å². The molecule has 1 aromatic rings. The smallest absolute Gasteiger partial charge is 0.243 e. The van der Waals surface area contributed by atoms with Crippen LogP contribution in [0.2, 0.25) is 0 Å². The number of benzene rings is 1. The molecule has 0 heterocycles. The Morgan fingerprint density at radius 2 is 1.73 bits per heavy atom. The van der Waals surface area contributed by atoms with E-state index < -0.39 is 0 Å². The van der Waals surface area contributed by atoms with Crippen molar-refractivity contribution >= 4 is 17.5 Å². The van der Waals surface area contributed by atoms with E-state index in [1.165, 1.54) is 12.5 Å². The first-order chi connectivity index (χ1) is 10.2. The second-order valence-corrected chi connectivity index (χ2v) is 6.67. The number of nitrogens with zero attached hydrogens (tertiary/aromatic N) is 1. The summed E-state index contributed by atoms with van der Waals surface area (Å²) in [4.78, 5) is 25.2. The minimum Gasteiger partial charge on any atom is -0.334 e. The molecule has 0 saturated heterocycles. The van der Waals surface area contributed by atoms with Crippen LogP contribution in [0.3, 0.4) is 0 Å². The maximum Gasteiger partial charge on any atom is 0.243 e. The molecule has 0 fully saturated rings. The fourth-order valence-corrected chi connectivity index (χ4v) is 2.12. The van der Waals surface area contributed by atoms with Crippen molar-refractivity contribution in [2.75, 3.05) is 18.4 Å². The number of unbranched alkanes of at least 4 members (excludes halogenated alkanes) is 1. The number of hydrogen-bond acceptors (Lipinski definition) is 2. The Balaban J connectivity index is 2.62. The van der Waals surface area contributed by atoms with Gasteiger partial charge in [-0.15, -0.1) is 0 Å². The Hall–Kier alpha value is -1.84. The molecular weight excluding hydrogens is 276 g/mol. The Labute approximate surface area is 133 Å². The average molecular weight is 304 g/mol. The summed E-state index contributed by atoms with van der Waals surface area (Å²) >= 11 is 0. The fraction of sp³-hybridized carbons (Fsp3) is 0.556. The lowest BCUT2D eigenvalue weighted by Crippen LogP contribution is -2.37. The highest BCUT2D eigenvalue weighted by Gasteiger charge is 2.15. The van der Waals surface area contributed by atoms with Crippen LogP contribution in [-0.4, -0.2) is 29.8 Å². The van der Waals surface area contributed by atoms with E-state index in [4.69, 9.17) is 0 Å². The molecule has 0 aliphatic carbocycles. The predicted octanol–water partition coefficient (Wildman–Crippen LogP) is 3.57. The minimum atomic E-state index is -0.158. The van der Waals surface area contributed by atoms with Gasteiger partial charge in [0.2, 0.25) is 11.8 Å². The van der Waals surface area contributed by atoms with Crippen molar-refractivity contribution in [1.29, 1.82) is 0 Å². The fourth-order valence-electron chi connectivity index (χ4n) is 2.12. The highest BCUT2D eigenvalue weighted by atomic mass is 16.2. The number of nitrogens with one attached hydrogen (secondary N) is 1. The van der Waals surface area contributed by atoms with E-state index in [1.807, 2.05) is 24.3 Å². The standard InChI is InChI=1S/C18H28N2O2/c1-6-7-12-20(14(2)21)13-17(22)19-16-10-8-15(9-11-16)18(3,4)5/h8-11H,6-7,12-13H2,1-5H3,(H,19,22). The average Bonchev–Trinajstić information content (AvgIpc) is 2.42. The highest BCUT2D eigenvalue weighted by Crippen LogP contribution is 2.23. The molecule has 0 aliphatic heterocycles. The summed E-state index contributed by atoms with van der Waals surface area (Å²) < 4.78 is 0. The molecule has 1 rings (SSSR count). The van der Waals surface area contributed by atoms with E-state index >= 15 is 0 Å². The Morgan fingerprint density at radius 1 is 1.14 bits per heavy atom. The second-order valence-electron chi connectivity index (χ2n) is 6.67. The maximum absolute atomic E-state index is 12.1. The molecular formula is C18H28N2O2. The third-order valence-electron chi connectivity index (χ3n) is 3.60. The quantitative estimate of drug-likeness (QED) is 0.873. The van der Waals surface area contributed by atoms with E-state index in [-0.39, 0.29) is 23.8 Å². The molecule has 1 aromatic carbocycles. The highest BCUT2D eigenvalue weighted by molar-refractivity contribution is 5.94. The van der Waals surface area contributed by atoms with E-state index in [9.17, 15) is 9.59 Å². The van der Waals surface area contributed by atoms with Gasteiger partial charge in [0.1, 0.15) is 0 Å². The van der Waals surface area contributed by atoms with Gasteiger partial charge in [-0.25, -0.2) is 0 Å². The number of hydrogen-bond donors (Lipinski definition) is 1. The summed E-state index contributed by atoms with van der Waals surface area (Å²) in [5.74, 6) is -0.221. The zero-order valence-electron chi connectivity index (χ0n) is 14.4. The monoisotopic (exact) mass is 304 g/mol. The van der Waals surface area contributed by atoms with Crippen LogP contribution in [0.1, 0.15) is 53.0 Å². The van der Waals surface area contributed by atoms with Crippen molar-refractivity contribution < 1.29 is 9.59 Å². The molecule has 4 nitrogen and oxygen atoms in total. The van der Waals surface area contributed by atoms with Crippen LogP contribution in [0.5, 0.6) is 0 Å². The van der Waals surface area contributed by atoms with Crippen molar-refractivity contribution in [3.63, 3.8) is 0 Å². The van der Waals surface area contributed by atoms with Crippen LogP contribution in [0.25, 0.3) is 0 Å². The van der Waals surface area contributed by atoms with E-state index in [1.54, 1.807) is 4.90 Å². The molecule has 1 N–H and O–H groups in total. The van der Waals surface area contributed by atoms with Crippen LogP contribution >= 0.6 is 0 Å². The number of rotatable bonds is 6. The third-order valence-corrected chi connectivity index (χ3v) is 3.60. The molecule has 4 heteroatoms. The minimum absolute atomic E-state index is 0.0633. The number of anilines is 1. The topological polar surface area (TPSA) is 49.4 Å². The summed E-state index contributed by atoms with van der Waals surface area (Å²) in [6.07, 6.45) is 1.91. The second kappa shape index (κ2) is 7.97. The van der Waals surface area contributed by atoms with Crippen LogP contribution in [0.15, 0.2) is 24.3 Å². The van der Waals surface area contributed by atoms with Gasteiger partial charge in [-0.3, -0.25) is 9.59 Å². The van der Waals surface area contributed by atoms with Gasteiger partial charge in [0.25, 0.3) is 0 Å². The summed E-state index contributed by atoms with van der Waals surface area (Å²) in [6, 6.07) is 7.86. The van der Waals surface area contributed by atoms with Gasteiger partial charge in [0.15, 0.2) is 0 Å². The van der Waals surface area contributed by atoms with Crippen molar-refractivity contribution in [2.45, 2.75) is 52.9 Å². The number of carbonyl (C=O) groups excluding carboxylic acids is 2. The van der Waals surface area contributed by atoms with E-state index in [0.717, 1.165) is 18.5 Å². The Kier molecular flexibility index (Phi) is 6.60. The molecule has 0 aliphatic rings. The van der Waals surface area contributed by atoms with Crippen LogP contribution in [0, 0.1) is 0 Å². The molecule has 0 unspecified atom stereocenters. The van der Waals surface area contributed by atoms with Gasteiger partial charge in [-0.05, 0) is 29.5 Å². The number of amides is 2. The first-order valence-corrected chi connectivity index (χ1v) is 7.90. The lowest BCUT2D eigenvalue weighted by atomic mass is 9.87. The molecule has 0 radical (unpaired) electrons. The zero-order valence-corrected chi connectivity index (χ0v) is 14.4. The molecule has 0 saturated carbocycles. The summed E-state index contributed by atoms with van der Waals surface area (Å²) in [6.45, 7) is 10.8. The van der Waals surface area contributed by atoms with Crippen molar-refractivity contribution in [1.82, 2.24) is 4.90 Å². The van der Waals surface area contributed by atoms with Crippen molar-refractivity contribution in [2.24, 2.45) is 0 Å². The van der Waals surface area contributed by atoms with Gasteiger partial charge in [0, 0.05) is 19.2 Å². The van der Waals surface area contributed by atoms with Crippen LogP contribution in [0.4, 0.5) is 5.69 Å². The largest absolute Gasteiger partial charge is 0.334 e. The first kappa shape index (κ1) is 18.2. The predicted molar refractivity (Wildman–Crippen MR) is 90.9 cm³/mol. The molecule has 0 spiro atoms. The number of carbonyl (C=O) groups is 2. The van der Waals surface area contributed by atoms with Crippen LogP contribution < -0.4 is 5.32 Å². The lowest BCUT2D eigenvalue weighted by Gasteiger charge is -2.21. The summed E-state index contributed by atoms with van der Waals surface area (Å²) in [5, 5.41) is 2.85. The lowest BCUT2D eigenvalue weighted by molar-refractivity contribution is -0.132. The molecule has 0 aromatic heterocycles. The van der Waals surface area contributed by atoms with Gasteiger partial charge < -0.3 is 10.2 Å². The van der Waals surface area contributed by atoms with Crippen molar-refractivity contribution in [3.05, 3.63) is 29.8 Å². The van der Waals surface area contributed by atoms with E-state index in [2.05, 4.69) is 33.0 Å². The van der Waals surface area contributed by atoms with Crippen LogP contribution in [-0.2, 0) is 15.0 Å². The molecule has 0 atom stereocenters. The normalized spacial score (nSPS) is 11.1. The van der Waals surface area contributed by atoms with Gasteiger partial charge >= 0.3 is 0 Å². The summed E-state index contributed by atoms with van der Waals surface area (Å²) in [7, 11) is 0. The van der Waals surface area contributed by atoms with Crippen molar-refractivity contribution in [3.8, 4) is 0 Å². The maximum atomic E-state index is 12.1.